The lowest BCUT2D eigenvalue weighted by atomic mass is 10.1. The number of para-hydroxylation sites is 1. The van der Waals surface area contributed by atoms with E-state index in [1.165, 1.54) is 24.1 Å². The van der Waals surface area contributed by atoms with E-state index in [-0.39, 0.29) is 11.4 Å². The number of nitrogens with zero attached hydrogens (tertiary/aromatic N) is 2. The maximum absolute atomic E-state index is 13.6. The van der Waals surface area contributed by atoms with Gasteiger partial charge in [-0.2, -0.15) is 0 Å². The second-order valence-electron chi connectivity index (χ2n) is 7.72. The highest BCUT2D eigenvalue weighted by molar-refractivity contribution is 7.92. The predicted molar refractivity (Wildman–Crippen MR) is 138 cm³/mol. The second-order valence-corrected chi connectivity index (χ2v) is 10.4. The largest absolute Gasteiger partial charge is 0.357 e. The van der Waals surface area contributed by atoms with Gasteiger partial charge in [0.25, 0.3) is 10.0 Å². The molecule has 7 nitrogen and oxygen atoms in total. The van der Waals surface area contributed by atoms with Crippen molar-refractivity contribution in [2.24, 2.45) is 0 Å². The number of rotatable bonds is 9. The van der Waals surface area contributed by atoms with Crippen molar-refractivity contribution in [1.82, 2.24) is 10.2 Å². The van der Waals surface area contributed by atoms with E-state index in [9.17, 15) is 18.0 Å². The van der Waals surface area contributed by atoms with Crippen LogP contribution in [-0.4, -0.2) is 44.8 Å². The van der Waals surface area contributed by atoms with Gasteiger partial charge in [-0.3, -0.25) is 13.9 Å². The molecular weight excluding hydrogens is 509 g/mol. The van der Waals surface area contributed by atoms with Crippen LogP contribution in [0.15, 0.2) is 83.8 Å². The van der Waals surface area contributed by atoms with Crippen molar-refractivity contribution in [3.63, 3.8) is 0 Å². The highest BCUT2D eigenvalue weighted by Gasteiger charge is 2.32. The lowest BCUT2D eigenvalue weighted by molar-refractivity contribution is -0.139. The minimum absolute atomic E-state index is 0.0261. The monoisotopic (exact) mass is 533 g/mol. The number of hydrogen-bond acceptors (Lipinski definition) is 4. The Labute approximate surface area is 215 Å². The zero-order valence-electron chi connectivity index (χ0n) is 19.2. The van der Waals surface area contributed by atoms with Gasteiger partial charge in [0.2, 0.25) is 11.8 Å². The maximum Gasteiger partial charge on any atom is 0.264 e. The Balaban J connectivity index is 2.00. The Morgan fingerprint density at radius 3 is 2.09 bits per heavy atom. The van der Waals surface area contributed by atoms with Gasteiger partial charge in [-0.15, -0.1) is 0 Å². The van der Waals surface area contributed by atoms with Gasteiger partial charge >= 0.3 is 0 Å². The number of halogens is 2. The van der Waals surface area contributed by atoms with Gasteiger partial charge in [-0.1, -0.05) is 65.7 Å². The Hall–Kier alpha value is -3.07. The number of likely N-dealkylation sites (N-methyl/N-ethyl adjacent to an activating group) is 1. The fraction of sp³-hybridized carbons (Fsp3) is 0.200. The highest BCUT2D eigenvalue weighted by Crippen LogP contribution is 2.26. The van der Waals surface area contributed by atoms with E-state index in [0.29, 0.717) is 21.3 Å². The van der Waals surface area contributed by atoms with Gasteiger partial charge < -0.3 is 10.2 Å². The average Bonchev–Trinajstić information content (AvgIpc) is 2.87. The summed E-state index contributed by atoms with van der Waals surface area (Å²) in [5, 5.41) is 3.20. The molecule has 0 radical (unpaired) electrons. The summed E-state index contributed by atoms with van der Waals surface area (Å²) < 4.78 is 28.1. The van der Waals surface area contributed by atoms with E-state index in [1.807, 2.05) is 0 Å². The summed E-state index contributed by atoms with van der Waals surface area (Å²) in [4.78, 5) is 27.4. The molecule has 0 saturated heterocycles. The van der Waals surface area contributed by atoms with Gasteiger partial charge in [0.05, 0.1) is 20.6 Å². The number of carbonyl (C=O) groups is 2. The Bertz CT molecular complexity index is 1290. The molecule has 1 N–H and O–H groups in total. The number of anilines is 1. The van der Waals surface area contributed by atoms with E-state index in [2.05, 4.69) is 5.32 Å². The Morgan fingerprint density at radius 2 is 1.51 bits per heavy atom. The molecule has 0 aliphatic heterocycles. The molecule has 0 aliphatic rings. The molecule has 3 aromatic rings. The van der Waals surface area contributed by atoms with Crippen molar-refractivity contribution in [3.05, 3.63) is 94.5 Å². The molecule has 1 unspecified atom stereocenters. The smallest absolute Gasteiger partial charge is 0.264 e. The second kappa shape index (κ2) is 11.6. The fourth-order valence-corrected chi connectivity index (χ4v) is 5.22. The quantitative estimate of drug-likeness (QED) is 0.442. The Morgan fingerprint density at radius 1 is 0.914 bits per heavy atom. The third-order valence-corrected chi connectivity index (χ3v) is 7.93. The topological polar surface area (TPSA) is 86.8 Å². The minimum atomic E-state index is -4.07. The molecule has 0 spiro atoms. The fourth-order valence-electron chi connectivity index (χ4n) is 3.47. The average molecular weight is 534 g/mol. The molecule has 0 bridgehead atoms. The van der Waals surface area contributed by atoms with Crippen LogP contribution < -0.4 is 9.62 Å². The van der Waals surface area contributed by atoms with Crippen molar-refractivity contribution in [1.29, 1.82) is 0 Å². The van der Waals surface area contributed by atoms with Crippen LogP contribution in [0.2, 0.25) is 10.0 Å². The molecular formula is C25H25Cl2N3O4S. The van der Waals surface area contributed by atoms with E-state index < -0.39 is 34.4 Å². The summed E-state index contributed by atoms with van der Waals surface area (Å²) in [5.74, 6) is -0.953. The number of benzene rings is 3. The van der Waals surface area contributed by atoms with Crippen molar-refractivity contribution in [2.45, 2.75) is 24.4 Å². The van der Waals surface area contributed by atoms with Crippen molar-refractivity contribution < 1.29 is 18.0 Å². The molecule has 0 fully saturated rings. The molecule has 35 heavy (non-hydrogen) atoms. The molecule has 3 rings (SSSR count). The van der Waals surface area contributed by atoms with Crippen LogP contribution >= 0.6 is 23.2 Å². The first-order chi connectivity index (χ1) is 16.6. The zero-order valence-corrected chi connectivity index (χ0v) is 21.5. The standard InChI is InChI=1S/C25H25Cl2N3O4S/c1-18(25(32)28-2)29(16-19-13-14-22(26)23(27)15-19)24(31)17-30(20-9-5-3-6-10-20)35(33,34)21-11-7-4-8-12-21/h3-15,18H,16-17H2,1-2H3,(H,28,32). The first-order valence-electron chi connectivity index (χ1n) is 10.7. The number of amides is 2. The van der Waals surface area contributed by atoms with E-state index in [1.54, 1.807) is 73.7 Å². The minimum Gasteiger partial charge on any atom is -0.357 e. The summed E-state index contributed by atoms with van der Waals surface area (Å²) in [5.41, 5.74) is 0.965. The van der Waals surface area contributed by atoms with Crippen molar-refractivity contribution in [3.8, 4) is 0 Å². The molecule has 2 amide bonds. The van der Waals surface area contributed by atoms with Gasteiger partial charge in [0.1, 0.15) is 12.6 Å². The lowest BCUT2D eigenvalue weighted by Crippen LogP contribution is -2.50. The molecule has 0 aliphatic carbocycles. The molecule has 184 valence electrons. The Kier molecular flexibility index (Phi) is 8.77. The van der Waals surface area contributed by atoms with Crippen LogP contribution in [0.1, 0.15) is 12.5 Å². The highest BCUT2D eigenvalue weighted by atomic mass is 35.5. The van der Waals surface area contributed by atoms with Crippen LogP contribution in [0.5, 0.6) is 0 Å². The van der Waals surface area contributed by atoms with Crippen molar-refractivity contribution in [2.75, 3.05) is 17.9 Å². The molecule has 3 aromatic carbocycles. The van der Waals surface area contributed by atoms with E-state index in [4.69, 9.17) is 23.2 Å². The third kappa shape index (κ3) is 6.33. The predicted octanol–water partition coefficient (Wildman–Crippen LogP) is 4.35. The first-order valence-corrected chi connectivity index (χ1v) is 12.9. The van der Waals surface area contributed by atoms with E-state index >= 15 is 0 Å². The van der Waals surface area contributed by atoms with Crippen LogP contribution in [0, 0.1) is 0 Å². The molecule has 0 heterocycles. The normalized spacial score (nSPS) is 12.0. The molecule has 0 aromatic heterocycles. The SMILES string of the molecule is CNC(=O)C(C)N(Cc1ccc(Cl)c(Cl)c1)C(=O)CN(c1ccccc1)S(=O)(=O)c1ccccc1. The molecule has 0 saturated carbocycles. The van der Waals surface area contributed by atoms with Crippen LogP contribution in [-0.2, 0) is 26.2 Å². The van der Waals surface area contributed by atoms with Gasteiger partial charge in [-0.05, 0) is 48.9 Å². The summed E-state index contributed by atoms with van der Waals surface area (Å²) >= 11 is 12.1. The van der Waals surface area contributed by atoms with Crippen LogP contribution in [0.25, 0.3) is 0 Å². The number of carbonyl (C=O) groups excluding carboxylic acids is 2. The van der Waals surface area contributed by atoms with Crippen molar-refractivity contribution >= 4 is 50.7 Å². The maximum atomic E-state index is 13.6. The van der Waals surface area contributed by atoms with Gasteiger partial charge in [0.15, 0.2) is 0 Å². The van der Waals surface area contributed by atoms with Gasteiger partial charge in [0, 0.05) is 13.6 Å². The number of hydrogen-bond donors (Lipinski definition) is 1. The number of sulfonamides is 1. The number of nitrogens with one attached hydrogen (secondary N) is 1. The molecule has 10 heteroatoms. The zero-order chi connectivity index (χ0) is 25.6. The molecule has 1 atom stereocenters. The third-order valence-electron chi connectivity index (χ3n) is 5.40. The lowest BCUT2D eigenvalue weighted by Gasteiger charge is -2.31. The van der Waals surface area contributed by atoms with Crippen LogP contribution in [0.3, 0.4) is 0 Å². The van der Waals surface area contributed by atoms with Crippen LogP contribution in [0.4, 0.5) is 5.69 Å². The summed E-state index contributed by atoms with van der Waals surface area (Å²) in [7, 11) is -2.60. The van der Waals surface area contributed by atoms with E-state index in [0.717, 1.165) is 4.31 Å². The van der Waals surface area contributed by atoms with Gasteiger partial charge in [-0.25, -0.2) is 8.42 Å². The summed E-state index contributed by atoms with van der Waals surface area (Å²) in [6, 6.07) is 20.3. The summed E-state index contributed by atoms with van der Waals surface area (Å²) in [6.07, 6.45) is 0. The first kappa shape index (κ1) is 26.5. The summed E-state index contributed by atoms with van der Waals surface area (Å²) in [6.45, 7) is 1.09.